The molecule has 0 spiro atoms. The van der Waals surface area contributed by atoms with Crippen LogP contribution in [0.2, 0.25) is 0 Å². The number of phosphoric ester groups is 1. The summed E-state index contributed by atoms with van der Waals surface area (Å²) in [5.74, 6) is -0.275. The van der Waals surface area contributed by atoms with Gasteiger partial charge in [0.05, 0.1) is 25.9 Å². The van der Waals surface area contributed by atoms with Crippen molar-refractivity contribution >= 4 is 49.9 Å². The Balaban J connectivity index is 1.22. The minimum Gasteiger partial charge on any atom is -0.394 e. The van der Waals surface area contributed by atoms with E-state index in [2.05, 4.69) is 29.9 Å². The molecular weight excluding hydrogens is 665 g/mol. The predicted octanol–water partition coefficient (Wildman–Crippen LogP) is -1.81. The first kappa shape index (κ1) is 32.3. The van der Waals surface area contributed by atoms with Crippen LogP contribution in [0.5, 0.6) is 0 Å². The van der Waals surface area contributed by atoms with Crippen molar-refractivity contribution in [1.82, 2.24) is 39.0 Å². The van der Waals surface area contributed by atoms with E-state index in [1.807, 2.05) is 0 Å². The van der Waals surface area contributed by atoms with E-state index in [0.717, 1.165) is 17.2 Å². The van der Waals surface area contributed by atoms with Crippen LogP contribution in [0, 0.1) is 0 Å². The van der Waals surface area contributed by atoms with Gasteiger partial charge >= 0.3 is 15.9 Å². The predicted molar refractivity (Wildman–Crippen MR) is 148 cm³/mol. The number of ether oxygens (including phenoxy) is 3. The first-order chi connectivity index (χ1) is 21.9. The molecule has 6 rings (SSSR count). The Bertz CT molecular complexity index is 1880. The fourth-order valence-electron chi connectivity index (χ4n) is 5.15. The van der Waals surface area contributed by atoms with Gasteiger partial charge in [0.25, 0.3) is 11.9 Å². The van der Waals surface area contributed by atoms with Crippen molar-refractivity contribution in [3.63, 3.8) is 0 Å². The van der Waals surface area contributed by atoms with E-state index in [1.165, 1.54) is 10.9 Å². The molecule has 22 nitrogen and oxygen atoms in total. The van der Waals surface area contributed by atoms with Gasteiger partial charge in [0, 0.05) is 0 Å². The number of H-pyrrole nitrogens is 1. The minimum absolute atomic E-state index is 0.00930. The Morgan fingerprint density at radius 2 is 1.76 bits per heavy atom. The number of nitrogens with zero attached hydrogens (tertiary/aromatic N) is 7. The molecular formula is C21H26FN10O12P2+. The van der Waals surface area contributed by atoms with Gasteiger partial charge in [-0.1, -0.05) is 0 Å². The van der Waals surface area contributed by atoms with E-state index in [9.17, 15) is 33.9 Å². The monoisotopic (exact) mass is 691 g/mol. The molecule has 248 valence electrons. The first-order valence-corrected chi connectivity index (χ1v) is 16.1. The fourth-order valence-corrected chi connectivity index (χ4v) is 6.38. The van der Waals surface area contributed by atoms with Crippen LogP contribution >= 0.6 is 15.9 Å². The summed E-state index contributed by atoms with van der Waals surface area (Å²) in [5, 5.41) is 20.5. The Hall–Kier alpha value is -3.60. The van der Waals surface area contributed by atoms with Gasteiger partial charge in [-0.3, -0.25) is 28.0 Å². The maximum Gasteiger partial charge on any atom is 0.534 e. The van der Waals surface area contributed by atoms with Crippen molar-refractivity contribution in [2.75, 3.05) is 31.0 Å². The van der Waals surface area contributed by atoms with Crippen LogP contribution < -0.4 is 17.0 Å². The lowest BCUT2D eigenvalue weighted by Crippen LogP contribution is -2.36. The summed E-state index contributed by atoms with van der Waals surface area (Å²) in [6, 6.07) is 0. The second-order valence-corrected chi connectivity index (χ2v) is 12.4. The van der Waals surface area contributed by atoms with Crippen LogP contribution in [-0.2, 0) is 32.4 Å². The van der Waals surface area contributed by atoms with Crippen molar-refractivity contribution in [3.8, 4) is 0 Å². The number of anilines is 2. The zero-order chi connectivity index (χ0) is 32.9. The number of hydrogen-bond donors (Lipinski definition) is 7. The average Bonchev–Trinajstić information content (AvgIpc) is 3.76. The van der Waals surface area contributed by atoms with Crippen LogP contribution in [-0.4, -0.2) is 115 Å². The van der Waals surface area contributed by atoms with Gasteiger partial charge in [0.2, 0.25) is 5.95 Å². The normalized spacial score (nSPS) is 29.9. The smallest absolute Gasteiger partial charge is 0.394 e. The van der Waals surface area contributed by atoms with Crippen molar-refractivity contribution < 1.29 is 56.8 Å². The van der Waals surface area contributed by atoms with Gasteiger partial charge in [0.1, 0.15) is 42.4 Å². The van der Waals surface area contributed by atoms with Gasteiger partial charge in [-0.15, -0.1) is 0 Å². The Morgan fingerprint density at radius 1 is 1.07 bits per heavy atom. The summed E-state index contributed by atoms with van der Waals surface area (Å²) in [6.45, 7) is -1.60. The third kappa shape index (κ3) is 5.98. The number of nitrogen functional groups attached to an aromatic ring is 2. The molecule has 46 heavy (non-hydrogen) atoms. The quantitative estimate of drug-likeness (QED) is 0.0852. The summed E-state index contributed by atoms with van der Waals surface area (Å²) in [6.07, 6.45) is -10.2. The second-order valence-electron chi connectivity index (χ2n) is 10.1. The number of imidazole rings is 2. The summed E-state index contributed by atoms with van der Waals surface area (Å²) < 4.78 is 69.5. The van der Waals surface area contributed by atoms with Gasteiger partial charge in [0.15, 0.2) is 41.3 Å². The Morgan fingerprint density at radius 3 is 2.48 bits per heavy atom. The second kappa shape index (κ2) is 12.5. The summed E-state index contributed by atoms with van der Waals surface area (Å²) in [7, 11) is -8.05. The highest BCUT2D eigenvalue weighted by atomic mass is 31.2. The number of aromatic nitrogens is 8. The van der Waals surface area contributed by atoms with Crippen LogP contribution in [0.1, 0.15) is 12.5 Å². The van der Waals surface area contributed by atoms with Crippen molar-refractivity contribution in [2.24, 2.45) is 0 Å². The SMILES string of the molecule is Nc1nc2c(ncn2[C@@H]2O[C@H](CO)[C@H](O)[C@@H]2OP(=O)(O)OC[C@H]2O[C@@H](n3cnc4c(N)ncnc43)[C@@H](F)C2OC[P+](=O)O)c(=O)[nH]1. The van der Waals surface area contributed by atoms with Crippen molar-refractivity contribution in [3.05, 3.63) is 29.3 Å². The van der Waals surface area contributed by atoms with E-state index >= 15 is 4.39 Å². The number of nitrogens with two attached hydrogens (primary N) is 2. The highest BCUT2D eigenvalue weighted by Crippen LogP contribution is 2.50. The number of alkyl halides is 1. The maximum atomic E-state index is 15.7. The molecule has 2 aliphatic rings. The number of rotatable bonds is 11. The molecule has 0 amide bonds. The molecule has 2 fully saturated rings. The molecule has 2 aliphatic heterocycles. The zero-order valence-electron chi connectivity index (χ0n) is 23.1. The van der Waals surface area contributed by atoms with Gasteiger partial charge < -0.3 is 40.8 Å². The van der Waals surface area contributed by atoms with E-state index in [-0.39, 0.29) is 34.1 Å². The van der Waals surface area contributed by atoms with Crippen LogP contribution in [0.3, 0.4) is 0 Å². The molecule has 4 aromatic heterocycles. The van der Waals surface area contributed by atoms with Gasteiger partial charge in [-0.2, -0.15) is 9.88 Å². The van der Waals surface area contributed by atoms with E-state index in [1.54, 1.807) is 0 Å². The zero-order valence-corrected chi connectivity index (χ0v) is 24.9. The fraction of sp³-hybridized carbons (Fsp3) is 0.524. The van der Waals surface area contributed by atoms with Gasteiger partial charge in [-0.05, 0) is 4.57 Å². The largest absolute Gasteiger partial charge is 0.534 e. The van der Waals surface area contributed by atoms with Gasteiger partial charge in [-0.25, -0.2) is 28.9 Å². The number of fused-ring (bicyclic) bond motifs is 2. The lowest BCUT2D eigenvalue weighted by molar-refractivity contribution is -0.0647. The average molecular weight is 691 g/mol. The minimum atomic E-state index is -5.19. The molecule has 9 N–H and O–H groups in total. The Kier molecular flexibility index (Phi) is 8.82. The van der Waals surface area contributed by atoms with E-state index in [0.29, 0.717) is 0 Å². The number of aliphatic hydroxyl groups excluding tert-OH is 2. The standard InChI is InChI=1S/C21H25FN10O12P2/c22-9-13(40-6-45(36)37)8(43-19(9)31-4-27-10-15(23)25-3-26-16(10)31)2-41-46(38,39)44-14-12(34)7(1-33)42-20(14)32-5-28-11-17(32)29-21(24)30-18(11)35/h3-5,7-9,12-14,19-20,33-34H,1-2,6H2,(H6-,23,24,25,26,29,30,35,36,37,38,39)/p+1/t7-,8-,9+,12+,13?,14+,19-,20-/m1/s1. The number of phosphoric acid groups is 1. The molecule has 0 aromatic carbocycles. The van der Waals surface area contributed by atoms with Crippen molar-refractivity contribution in [2.45, 2.75) is 49.1 Å². The molecule has 0 saturated carbocycles. The van der Waals surface area contributed by atoms with E-state index in [4.69, 9.17) is 34.7 Å². The molecule has 0 aliphatic carbocycles. The topological polar surface area (TPSA) is 320 Å². The van der Waals surface area contributed by atoms with Crippen LogP contribution in [0.25, 0.3) is 22.3 Å². The number of halogens is 1. The summed E-state index contributed by atoms with van der Waals surface area (Å²) in [5.41, 5.74) is 10.7. The highest BCUT2D eigenvalue weighted by molar-refractivity contribution is 7.47. The molecule has 0 bridgehead atoms. The molecule has 2 saturated heterocycles. The van der Waals surface area contributed by atoms with Crippen LogP contribution in [0.4, 0.5) is 16.2 Å². The molecule has 3 unspecified atom stereocenters. The number of aromatic amines is 1. The third-order valence-electron chi connectivity index (χ3n) is 7.18. The van der Waals surface area contributed by atoms with E-state index < -0.39 is 90.1 Å². The lowest BCUT2D eigenvalue weighted by Gasteiger charge is -2.25. The number of aliphatic hydroxyl groups is 2. The first-order valence-electron chi connectivity index (χ1n) is 13.2. The molecule has 25 heteroatoms. The molecule has 6 heterocycles. The number of nitrogens with one attached hydrogen (secondary N) is 1. The van der Waals surface area contributed by atoms with Crippen LogP contribution in [0.15, 0.2) is 23.8 Å². The lowest BCUT2D eigenvalue weighted by atomic mass is 10.1. The highest BCUT2D eigenvalue weighted by Gasteiger charge is 2.52. The molecule has 0 radical (unpaired) electrons. The molecule has 4 aromatic rings. The third-order valence-corrected chi connectivity index (χ3v) is 8.54. The summed E-state index contributed by atoms with van der Waals surface area (Å²) >= 11 is 0. The maximum absolute atomic E-state index is 15.7. The summed E-state index contributed by atoms with van der Waals surface area (Å²) in [4.78, 5) is 54.2. The van der Waals surface area contributed by atoms with Crippen molar-refractivity contribution in [1.29, 1.82) is 0 Å². The number of hydrogen-bond acceptors (Lipinski definition) is 17. The molecule has 10 atom stereocenters. The Labute approximate surface area is 255 Å².